The van der Waals surface area contributed by atoms with Crippen LogP contribution in [0.4, 0.5) is 0 Å². The Morgan fingerprint density at radius 1 is 1.45 bits per heavy atom. The number of hydrogen-bond donors (Lipinski definition) is 0. The van der Waals surface area contributed by atoms with Crippen molar-refractivity contribution >= 4 is 5.78 Å². The fourth-order valence-corrected chi connectivity index (χ4v) is 0.892. The van der Waals surface area contributed by atoms with Crippen LogP contribution in [0.2, 0.25) is 0 Å². The van der Waals surface area contributed by atoms with Crippen LogP contribution in [0.5, 0.6) is 0 Å². The van der Waals surface area contributed by atoms with Crippen molar-refractivity contribution in [2.24, 2.45) is 0 Å². The van der Waals surface area contributed by atoms with E-state index in [4.69, 9.17) is 0 Å². The summed E-state index contributed by atoms with van der Waals surface area (Å²) in [6.07, 6.45) is 6.18. The minimum Gasteiger partial charge on any atom is -0.295 e. The number of allylic oxidation sites excluding steroid dienone is 2. The molecule has 0 aromatic heterocycles. The zero-order valence-corrected chi connectivity index (χ0v) is 7.81. The van der Waals surface area contributed by atoms with Crippen LogP contribution < -0.4 is 0 Å². The molecule has 1 rings (SSSR count). The molecule has 0 fully saturated rings. The van der Waals surface area contributed by atoms with Crippen LogP contribution in [-0.2, 0) is 4.79 Å². The molecule has 0 amide bonds. The largest absolute Gasteiger partial charge is 0.295 e. The van der Waals surface area contributed by atoms with Gasteiger partial charge in [0.15, 0.2) is 5.78 Å². The molecule has 64 valence electrons. The molecular formula is C10H18O. The lowest BCUT2D eigenvalue weighted by atomic mass is 10.00. The Labute approximate surface area is 69.5 Å². The first-order valence-electron chi connectivity index (χ1n) is 4.42. The smallest absolute Gasteiger partial charge is 0.158 e. The summed E-state index contributed by atoms with van der Waals surface area (Å²) in [4.78, 5) is 10.7. The molecule has 0 saturated carbocycles. The highest BCUT2D eigenvalue weighted by Crippen LogP contribution is 2.12. The Morgan fingerprint density at radius 3 is 2.27 bits per heavy atom. The van der Waals surface area contributed by atoms with Gasteiger partial charge < -0.3 is 0 Å². The van der Waals surface area contributed by atoms with Crippen molar-refractivity contribution in [2.75, 3.05) is 0 Å². The molecule has 0 aromatic rings. The second-order valence-electron chi connectivity index (χ2n) is 2.91. The second kappa shape index (κ2) is 6.14. The summed E-state index contributed by atoms with van der Waals surface area (Å²) in [6.45, 7) is 6.14. The van der Waals surface area contributed by atoms with Crippen molar-refractivity contribution in [3.8, 4) is 0 Å². The van der Waals surface area contributed by atoms with Gasteiger partial charge in [-0.3, -0.25) is 4.79 Å². The third kappa shape index (κ3) is 4.77. The van der Waals surface area contributed by atoms with Gasteiger partial charge in [-0.15, -0.1) is 0 Å². The van der Waals surface area contributed by atoms with Crippen LogP contribution in [0, 0.1) is 0 Å². The molecule has 0 radical (unpaired) electrons. The summed E-state index contributed by atoms with van der Waals surface area (Å²) < 4.78 is 0. The lowest BCUT2D eigenvalue weighted by Crippen LogP contribution is -2.02. The summed E-state index contributed by atoms with van der Waals surface area (Å²) in [5.74, 6) is 0.330. The molecule has 0 unspecified atom stereocenters. The number of rotatable bonds is 0. The standard InChI is InChI=1S/C7H10O.C3H8/c1-6-4-2-3-5-7(6)8;1-3-2/h4H,2-3,5H2,1H3;3H2,1-2H3. The third-order valence-corrected chi connectivity index (χ3v) is 1.50. The van der Waals surface area contributed by atoms with Crippen LogP contribution in [0.1, 0.15) is 46.5 Å². The maximum atomic E-state index is 10.7. The Hall–Kier alpha value is -0.590. The Bertz CT molecular complexity index is 145. The second-order valence-corrected chi connectivity index (χ2v) is 2.91. The normalized spacial score (nSPS) is 16.6. The Kier molecular flexibility index (Phi) is 5.81. The van der Waals surface area contributed by atoms with Gasteiger partial charge in [0.1, 0.15) is 0 Å². The van der Waals surface area contributed by atoms with E-state index in [2.05, 4.69) is 13.8 Å². The van der Waals surface area contributed by atoms with Crippen molar-refractivity contribution in [3.63, 3.8) is 0 Å². The van der Waals surface area contributed by atoms with Crippen LogP contribution in [0.3, 0.4) is 0 Å². The first-order valence-corrected chi connectivity index (χ1v) is 4.42. The molecule has 0 bridgehead atoms. The molecule has 0 heterocycles. The molecule has 0 atom stereocenters. The van der Waals surface area contributed by atoms with E-state index in [1.807, 2.05) is 13.0 Å². The molecule has 1 aliphatic carbocycles. The first-order chi connectivity index (χ1) is 5.22. The predicted molar refractivity (Wildman–Crippen MR) is 48.6 cm³/mol. The molecule has 0 saturated heterocycles. The van der Waals surface area contributed by atoms with Gasteiger partial charge in [-0.1, -0.05) is 26.3 Å². The quantitative estimate of drug-likeness (QED) is 0.524. The molecular weight excluding hydrogens is 136 g/mol. The van der Waals surface area contributed by atoms with E-state index in [1.165, 1.54) is 6.42 Å². The minimum absolute atomic E-state index is 0.330. The van der Waals surface area contributed by atoms with Gasteiger partial charge in [0.2, 0.25) is 0 Å². The van der Waals surface area contributed by atoms with Gasteiger partial charge >= 0.3 is 0 Å². The Morgan fingerprint density at radius 2 is 2.00 bits per heavy atom. The molecule has 0 aliphatic heterocycles. The molecule has 0 aromatic carbocycles. The van der Waals surface area contributed by atoms with Crippen molar-refractivity contribution in [1.82, 2.24) is 0 Å². The molecule has 0 N–H and O–H groups in total. The van der Waals surface area contributed by atoms with Gasteiger partial charge in [0.25, 0.3) is 0 Å². The van der Waals surface area contributed by atoms with E-state index >= 15 is 0 Å². The molecule has 1 heteroatoms. The highest BCUT2D eigenvalue weighted by molar-refractivity contribution is 5.95. The van der Waals surface area contributed by atoms with E-state index in [0.717, 1.165) is 24.8 Å². The maximum absolute atomic E-state index is 10.7. The minimum atomic E-state index is 0.330. The highest BCUT2D eigenvalue weighted by Gasteiger charge is 2.06. The number of Topliss-reactive ketones (excluding diaryl/α,β-unsaturated/α-hetero) is 1. The van der Waals surface area contributed by atoms with Gasteiger partial charge in [0, 0.05) is 6.42 Å². The van der Waals surface area contributed by atoms with Crippen molar-refractivity contribution in [3.05, 3.63) is 11.6 Å². The first kappa shape index (κ1) is 10.4. The predicted octanol–water partition coefficient (Wildman–Crippen LogP) is 3.10. The van der Waals surface area contributed by atoms with Gasteiger partial charge in [-0.25, -0.2) is 0 Å². The van der Waals surface area contributed by atoms with Crippen LogP contribution >= 0.6 is 0 Å². The fraction of sp³-hybridized carbons (Fsp3) is 0.700. The summed E-state index contributed by atoms with van der Waals surface area (Å²) in [6, 6.07) is 0. The van der Waals surface area contributed by atoms with E-state index in [1.54, 1.807) is 0 Å². The number of hydrogen-bond acceptors (Lipinski definition) is 1. The topological polar surface area (TPSA) is 17.1 Å². The van der Waals surface area contributed by atoms with Gasteiger partial charge in [0.05, 0.1) is 0 Å². The maximum Gasteiger partial charge on any atom is 0.158 e. The van der Waals surface area contributed by atoms with Crippen LogP contribution in [0.15, 0.2) is 11.6 Å². The number of carbonyl (C=O) groups is 1. The van der Waals surface area contributed by atoms with E-state index in [9.17, 15) is 4.79 Å². The van der Waals surface area contributed by atoms with Crippen LogP contribution in [0.25, 0.3) is 0 Å². The van der Waals surface area contributed by atoms with Crippen molar-refractivity contribution in [2.45, 2.75) is 46.5 Å². The number of carbonyl (C=O) groups excluding carboxylic acids is 1. The Balaban J connectivity index is 0.000000292. The fourth-order valence-electron chi connectivity index (χ4n) is 0.892. The van der Waals surface area contributed by atoms with Crippen LogP contribution in [-0.4, -0.2) is 5.78 Å². The highest BCUT2D eigenvalue weighted by atomic mass is 16.1. The lowest BCUT2D eigenvalue weighted by Gasteiger charge is -2.04. The average molecular weight is 154 g/mol. The molecule has 1 nitrogen and oxygen atoms in total. The van der Waals surface area contributed by atoms with Crippen molar-refractivity contribution in [1.29, 1.82) is 0 Å². The average Bonchev–Trinajstić information content (AvgIpc) is 1.97. The third-order valence-electron chi connectivity index (χ3n) is 1.50. The van der Waals surface area contributed by atoms with Crippen molar-refractivity contribution < 1.29 is 4.79 Å². The zero-order chi connectivity index (χ0) is 8.69. The van der Waals surface area contributed by atoms with E-state index in [-0.39, 0.29) is 0 Å². The van der Waals surface area contributed by atoms with Gasteiger partial charge in [-0.05, 0) is 25.3 Å². The summed E-state index contributed by atoms with van der Waals surface area (Å²) in [5, 5.41) is 0. The SMILES string of the molecule is CC1=CCCCC1=O.CCC. The summed E-state index contributed by atoms with van der Waals surface area (Å²) in [7, 11) is 0. The van der Waals surface area contributed by atoms with Gasteiger partial charge in [-0.2, -0.15) is 0 Å². The molecule has 0 spiro atoms. The number of ketones is 1. The van der Waals surface area contributed by atoms with E-state index < -0.39 is 0 Å². The molecule has 1 aliphatic rings. The molecule has 11 heavy (non-hydrogen) atoms. The summed E-state index contributed by atoms with van der Waals surface area (Å²) in [5.41, 5.74) is 0.955. The zero-order valence-electron chi connectivity index (χ0n) is 7.81. The van der Waals surface area contributed by atoms with E-state index in [0.29, 0.717) is 5.78 Å². The lowest BCUT2D eigenvalue weighted by molar-refractivity contribution is -0.115. The summed E-state index contributed by atoms with van der Waals surface area (Å²) >= 11 is 0. The monoisotopic (exact) mass is 154 g/mol.